The second-order valence-electron chi connectivity index (χ2n) is 11.3. The van der Waals surface area contributed by atoms with Crippen LogP contribution in [-0.4, -0.2) is 24.5 Å². The van der Waals surface area contributed by atoms with Crippen LogP contribution in [0.5, 0.6) is 0 Å². The van der Waals surface area contributed by atoms with Crippen LogP contribution in [0.25, 0.3) is 73.1 Å². The number of benzene rings is 6. The third-order valence-corrected chi connectivity index (χ3v) is 8.42. The first-order valence-corrected chi connectivity index (χ1v) is 15.3. The van der Waals surface area contributed by atoms with E-state index in [1.54, 1.807) is 0 Å². The normalized spacial score (nSPS) is 11.7. The topological polar surface area (TPSA) is 68.5 Å². The molecule has 0 bridgehead atoms. The van der Waals surface area contributed by atoms with Gasteiger partial charge in [0.05, 0.1) is 16.7 Å². The number of anilines is 2. The molecular weight excluding hydrogens is 564 g/mol. The van der Waals surface area contributed by atoms with Crippen LogP contribution in [0.3, 0.4) is 0 Å². The molecule has 1 N–H and O–H groups in total. The molecule has 46 heavy (non-hydrogen) atoms. The number of imidazole rings is 1. The molecule has 0 spiro atoms. The van der Waals surface area contributed by atoms with E-state index in [4.69, 9.17) is 19.9 Å². The highest BCUT2D eigenvalue weighted by Gasteiger charge is 2.23. The van der Waals surface area contributed by atoms with Crippen molar-refractivity contribution in [3.8, 4) is 62.1 Å². The lowest BCUT2D eigenvalue weighted by atomic mass is 10.0. The smallest absolute Gasteiger partial charge is 0.213 e. The van der Waals surface area contributed by atoms with Crippen LogP contribution in [0.15, 0.2) is 152 Å². The molecule has 0 fully saturated rings. The summed E-state index contributed by atoms with van der Waals surface area (Å²) in [6.45, 7) is 0. The number of hydrogen-bond acceptors (Lipinski definition) is 5. The van der Waals surface area contributed by atoms with Crippen molar-refractivity contribution in [2.75, 3.05) is 5.32 Å². The van der Waals surface area contributed by atoms with Crippen LogP contribution in [0.1, 0.15) is 0 Å². The quantitative estimate of drug-likeness (QED) is 0.221. The van der Waals surface area contributed by atoms with Gasteiger partial charge in [-0.25, -0.2) is 19.9 Å². The third-order valence-electron chi connectivity index (χ3n) is 8.42. The Morgan fingerprint density at radius 2 is 0.957 bits per heavy atom. The maximum Gasteiger partial charge on any atom is 0.213 e. The molecule has 0 saturated carbocycles. The van der Waals surface area contributed by atoms with Crippen molar-refractivity contribution in [1.82, 2.24) is 24.5 Å². The predicted molar refractivity (Wildman–Crippen MR) is 185 cm³/mol. The van der Waals surface area contributed by atoms with Crippen molar-refractivity contribution < 1.29 is 0 Å². The van der Waals surface area contributed by atoms with Gasteiger partial charge >= 0.3 is 0 Å². The maximum atomic E-state index is 5.21. The summed E-state index contributed by atoms with van der Waals surface area (Å²) in [6.07, 6.45) is 0. The number of hydrogen-bond donors (Lipinski definition) is 1. The summed E-state index contributed by atoms with van der Waals surface area (Å²) in [7, 11) is 0. The molecule has 3 heterocycles. The van der Waals surface area contributed by atoms with Crippen molar-refractivity contribution in [3.05, 3.63) is 152 Å². The highest BCUT2D eigenvalue weighted by molar-refractivity contribution is 5.98. The van der Waals surface area contributed by atoms with Crippen LogP contribution >= 0.6 is 0 Å². The lowest BCUT2D eigenvalue weighted by Crippen LogP contribution is -2.00. The zero-order valence-corrected chi connectivity index (χ0v) is 24.7. The van der Waals surface area contributed by atoms with Gasteiger partial charge in [-0.05, 0) is 29.8 Å². The van der Waals surface area contributed by atoms with E-state index in [-0.39, 0.29) is 0 Å². The zero-order chi connectivity index (χ0) is 30.5. The minimum atomic E-state index is 0.620. The molecule has 9 rings (SSSR count). The Morgan fingerprint density at radius 1 is 0.413 bits per heavy atom. The van der Waals surface area contributed by atoms with Crippen molar-refractivity contribution >= 4 is 22.7 Å². The molecule has 0 radical (unpaired) electrons. The molecule has 216 valence electrons. The number of para-hydroxylation sites is 3. The van der Waals surface area contributed by atoms with E-state index < -0.39 is 0 Å². The molecule has 2 aromatic heterocycles. The average molecular weight is 591 g/mol. The van der Waals surface area contributed by atoms with E-state index in [1.807, 2.05) is 60.7 Å². The Hall–Kier alpha value is -6.40. The van der Waals surface area contributed by atoms with Gasteiger partial charge in [-0.1, -0.05) is 127 Å². The molecular formula is C40H26N6. The monoisotopic (exact) mass is 590 g/mol. The van der Waals surface area contributed by atoms with Crippen LogP contribution in [0.2, 0.25) is 0 Å². The standard InChI is InChI=1S/C40H26N6/c1-3-13-26(14-4-1)37-43-38(27-15-5-2-6-16-27)45-39(44-37)29-18-11-17-28(25-29)30-21-12-24-35-36(30)42-40-41-33-22-9-7-19-31(33)32-20-8-10-23-34(32)46(35)40/h1-25H,(H,41,42). The number of nitrogens with zero attached hydrogens (tertiary/aromatic N) is 5. The predicted octanol–water partition coefficient (Wildman–Crippen LogP) is 9.60. The zero-order valence-electron chi connectivity index (χ0n) is 24.7. The van der Waals surface area contributed by atoms with Crippen molar-refractivity contribution in [3.63, 3.8) is 0 Å². The Bertz CT molecular complexity index is 2340. The van der Waals surface area contributed by atoms with Crippen LogP contribution in [-0.2, 0) is 0 Å². The van der Waals surface area contributed by atoms with Gasteiger partial charge in [-0.2, -0.15) is 0 Å². The van der Waals surface area contributed by atoms with Gasteiger partial charge in [0.2, 0.25) is 5.95 Å². The second-order valence-corrected chi connectivity index (χ2v) is 11.3. The van der Waals surface area contributed by atoms with E-state index in [1.165, 1.54) is 0 Å². The third kappa shape index (κ3) is 4.35. The van der Waals surface area contributed by atoms with Gasteiger partial charge < -0.3 is 5.32 Å². The molecule has 0 aliphatic carbocycles. The number of nitrogens with one attached hydrogen (secondary N) is 1. The minimum Gasteiger partial charge on any atom is -0.325 e. The molecule has 6 aromatic carbocycles. The molecule has 0 saturated heterocycles. The van der Waals surface area contributed by atoms with Gasteiger partial charge in [0.25, 0.3) is 0 Å². The van der Waals surface area contributed by atoms with E-state index >= 15 is 0 Å². The van der Waals surface area contributed by atoms with Crippen LogP contribution in [0.4, 0.5) is 11.6 Å². The van der Waals surface area contributed by atoms with E-state index in [0.717, 1.165) is 67.3 Å². The first-order chi connectivity index (χ1) is 22.8. The fourth-order valence-electron chi connectivity index (χ4n) is 6.27. The summed E-state index contributed by atoms with van der Waals surface area (Å²) < 4.78 is 2.22. The molecule has 8 aromatic rings. The Morgan fingerprint density at radius 3 is 1.70 bits per heavy atom. The molecule has 0 atom stereocenters. The fraction of sp³-hybridized carbons (Fsp3) is 0. The van der Waals surface area contributed by atoms with Crippen LogP contribution < -0.4 is 5.32 Å². The number of rotatable bonds is 4. The fourth-order valence-corrected chi connectivity index (χ4v) is 6.27. The molecule has 0 unspecified atom stereocenters. The minimum absolute atomic E-state index is 0.620. The lowest BCUT2D eigenvalue weighted by molar-refractivity contribution is 1.07. The summed E-state index contributed by atoms with van der Waals surface area (Å²) >= 11 is 0. The summed E-state index contributed by atoms with van der Waals surface area (Å²) in [5.41, 5.74) is 11.3. The van der Waals surface area contributed by atoms with E-state index in [2.05, 4.69) is 101 Å². The molecule has 0 amide bonds. The van der Waals surface area contributed by atoms with E-state index in [0.29, 0.717) is 17.5 Å². The van der Waals surface area contributed by atoms with Gasteiger partial charge in [0, 0.05) is 39.1 Å². The summed E-state index contributed by atoms with van der Waals surface area (Å²) in [4.78, 5) is 20.0. The van der Waals surface area contributed by atoms with Crippen molar-refractivity contribution in [2.24, 2.45) is 0 Å². The first kappa shape index (κ1) is 26.0. The summed E-state index contributed by atoms with van der Waals surface area (Å²) in [5.74, 6) is 2.68. The Balaban J connectivity index is 1.20. The largest absolute Gasteiger partial charge is 0.325 e. The van der Waals surface area contributed by atoms with Gasteiger partial charge in [0.15, 0.2) is 17.5 Å². The molecule has 6 nitrogen and oxygen atoms in total. The molecule has 1 aliphatic heterocycles. The molecule has 6 heteroatoms. The average Bonchev–Trinajstić information content (AvgIpc) is 3.43. The van der Waals surface area contributed by atoms with Crippen molar-refractivity contribution in [2.45, 2.75) is 0 Å². The first-order valence-electron chi connectivity index (χ1n) is 15.3. The Labute approximate surface area is 265 Å². The van der Waals surface area contributed by atoms with Crippen molar-refractivity contribution in [1.29, 1.82) is 0 Å². The van der Waals surface area contributed by atoms with Gasteiger partial charge in [-0.15, -0.1) is 0 Å². The van der Waals surface area contributed by atoms with Gasteiger partial charge in [0.1, 0.15) is 0 Å². The molecule has 1 aliphatic rings. The highest BCUT2D eigenvalue weighted by Crippen LogP contribution is 2.42. The lowest BCUT2D eigenvalue weighted by Gasteiger charge is -2.11. The van der Waals surface area contributed by atoms with Gasteiger partial charge in [-0.3, -0.25) is 4.57 Å². The highest BCUT2D eigenvalue weighted by atomic mass is 15.2. The number of fused-ring (bicyclic) bond motifs is 7. The summed E-state index contributed by atoms with van der Waals surface area (Å²) in [5, 5.41) is 3.62. The maximum absolute atomic E-state index is 5.21. The summed E-state index contributed by atoms with van der Waals surface area (Å²) in [6, 6.07) is 51.7. The Kier molecular flexibility index (Phi) is 6.03. The van der Waals surface area contributed by atoms with E-state index in [9.17, 15) is 0 Å². The number of aromatic nitrogens is 5. The SMILES string of the molecule is c1ccc(-c2nc(-c3ccccc3)nc(-c3cccc(-c4cccc5c4nc4n5-c5ccccc5-c5ccccc5N4)c3)n2)cc1. The van der Waals surface area contributed by atoms with Crippen LogP contribution in [0, 0.1) is 0 Å². The second kappa shape index (κ2) is 10.6.